The molecule has 0 saturated carbocycles. The molecule has 0 aromatic heterocycles. The van der Waals surface area contributed by atoms with Crippen LogP contribution in [0.4, 0.5) is 0 Å². The molecule has 0 spiro atoms. The van der Waals surface area contributed by atoms with Gasteiger partial charge in [-0.15, -0.1) is 6.58 Å². The minimum absolute atomic E-state index is 0.462. The van der Waals surface area contributed by atoms with Crippen molar-refractivity contribution in [3.05, 3.63) is 54.6 Å². The van der Waals surface area contributed by atoms with Crippen LogP contribution >= 0.6 is 0 Å². The summed E-state index contributed by atoms with van der Waals surface area (Å²) in [6.07, 6.45) is 4.13. The van der Waals surface area contributed by atoms with Crippen molar-refractivity contribution >= 4 is 16.7 Å². The number of hydrogen-bond donors (Lipinski definition) is 1. The Morgan fingerprint density at radius 2 is 2.00 bits per heavy atom. The third kappa shape index (κ3) is 3.63. The van der Waals surface area contributed by atoms with Crippen LogP contribution in [0.25, 0.3) is 10.8 Å². The molecule has 0 aliphatic heterocycles. The van der Waals surface area contributed by atoms with E-state index in [9.17, 15) is 9.90 Å². The summed E-state index contributed by atoms with van der Waals surface area (Å²) in [5.41, 5.74) is 0.851. The van der Waals surface area contributed by atoms with Crippen LogP contribution in [0.5, 0.6) is 5.75 Å². The van der Waals surface area contributed by atoms with Crippen LogP contribution in [0.2, 0.25) is 0 Å². The van der Waals surface area contributed by atoms with E-state index in [4.69, 9.17) is 4.74 Å². The fourth-order valence-corrected chi connectivity index (χ4v) is 2.49. The Labute approximate surface area is 124 Å². The van der Waals surface area contributed by atoms with E-state index < -0.39 is 11.9 Å². The number of fused-ring (bicyclic) bond motifs is 1. The molecule has 1 N–H and O–H groups in total. The zero-order valence-electron chi connectivity index (χ0n) is 12.2. The smallest absolute Gasteiger partial charge is 0.310 e. The summed E-state index contributed by atoms with van der Waals surface area (Å²) in [6, 6.07) is 11.6. The molecule has 0 radical (unpaired) electrons. The van der Waals surface area contributed by atoms with Gasteiger partial charge < -0.3 is 9.84 Å². The lowest BCUT2D eigenvalue weighted by atomic mass is 9.92. The second-order valence-corrected chi connectivity index (χ2v) is 5.08. The Balaban J connectivity index is 2.30. The lowest BCUT2D eigenvalue weighted by molar-refractivity contribution is -0.139. The lowest BCUT2D eigenvalue weighted by Gasteiger charge is -2.13. The molecular weight excluding hydrogens is 264 g/mol. The highest BCUT2D eigenvalue weighted by Gasteiger charge is 2.19. The predicted molar refractivity (Wildman–Crippen MR) is 84.9 cm³/mol. The molecule has 110 valence electrons. The number of benzene rings is 2. The Morgan fingerprint density at radius 1 is 1.29 bits per heavy atom. The van der Waals surface area contributed by atoms with E-state index in [1.807, 2.05) is 42.5 Å². The summed E-state index contributed by atoms with van der Waals surface area (Å²) in [7, 11) is 1.63. The van der Waals surface area contributed by atoms with Crippen LogP contribution in [0.1, 0.15) is 30.7 Å². The summed E-state index contributed by atoms with van der Waals surface area (Å²) in [5, 5.41) is 11.5. The van der Waals surface area contributed by atoms with Crippen LogP contribution in [-0.2, 0) is 4.79 Å². The molecule has 3 nitrogen and oxygen atoms in total. The van der Waals surface area contributed by atoms with Gasteiger partial charge >= 0.3 is 5.97 Å². The number of rotatable bonds is 7. The van der Waals surface area contributed by atoms with Crippen LogP contribution < -0.4 is 4.74 Å². The number of hydrogen-bond acceptors (Lipinski definition) is 2. The Morgan fingerprint density at radius 3 is 2.67 bits per heavy atom. The molecule has 0 aliphatic rings. The van der Waals surface area contributed by atoms with E-state index in [1.54, 1.807) is 7.11 Å². The minimum Gasteiger partial charge on any atom is -0.497 e. The first-order valence-corrected chi connectivity index (χ1v) is 7.07. The molecule has 2 rings (SSSR count). The van der Waals surface area contributed by atoms with E-state index in [1.165, 1.54) is 0 Å². The molecule has 0 fully saturated rings. The van der Waals surface area contributed by atoms with Gasteiger partial charge in [0.2, 0.25) is 0 Å². The molecule has 0 amide bonds. The number of unbranched alkanes of at least 4 members (excludes halogenated alkanes) is 1. The van der Waals surface area contributed by atoms with E-state index >= 15 is 0 Å². The van der Waals surface area contributed by atoms with Crippen LogP contribution in [0, 0.1) is 0 Å². The first-order chi connectivity index (χ1) is 10.2. The van der Waals surface area contributed by atoms with Crippen molar-refractivity contribution in [3.8, 4) is 5.75 Å². The molecule has 0 heterocycles. The normalized spacial score (nSPS) is 12.0. The van der Waals surface area contributed by atoms with Gasteiger partial charge in [0.25, 0.3) is 0 Å². The number of carboxylic acids is 1. The SMILES string of the molecule is C=CCCCC(C(=O)O)c1ccc2cc(OC)ccc2c1. The summed E-state index contributed by atoms with van der Waals surface area (Å²) >= 11 is 0. The molecule has 1 unspecified atom stereocenters. The summed E-state index contributed by atoms with van der Waals surface area (Å²) in [5.74, 6) is -0.431. The Hall–Kier alpha value is -2.29. The maximum atomic E-state index is 11.5. The number of ether oxygens (including phenoxy) is 1. The third-order valence-corrected chi connectivity index (χ3v) is 3.67. The van der Waals surface area contributed by atoms with Gasteiger partial charge in [0.1, 0.15) is 5.75 Å². The zero-order valence-corrected chi connectivity index (χ0v) is 12.2. The second kappa shape index (κ2) is 6.93. The highest BCUT2D eigenvalue weighted by Crippen LogP contribution is 2.28. The molecule has 0 bridgehead atoms. The van der Waals surface area contributed by atoms with Crippen LogP contribution in [0.15, 0.2) is 49.1 Å². The number of carbonyl (C=O) groups is 1. The van der Waals surface area contributed by atoms with Gasteiger partial charge in [0, 0.05) is 0 Å². The minimum atomic E-state index is -0.771. The highest BCUT2D eigenvalue weighted by atomic mass is 16.5. The summed E-state index contributed by atoms with van der Waals surface area (Å²) in [4.78, 5) is 11.5. The molecule has 21 heavy (non-hydrogen) atoms. The summed E-state index contributed by atoms with van der Waals surface area (Å²) < 4.78 is 5.20. The van der Waals surface area contributed by atoms with E-state index in [-0.39, 0.29) is 0 Å². The largest absolute Gasteiger partial charge is 0.497 e. The molecule has 0 aliphatic carbocycles. The van der Waals surface area contributed by atoms with Crippen molar-refractivity contribution in [1.29, 1.82) is 0 Å². The van der Waals surface area contributed by atoms with Gasteiger partial charge in [-0.3, -0.25) is 4.79 Å². The standard InChI is InChI=1S/C18H20O3/c1-3-4-5-6-17(18(19)20)15-8-7-14-12-16(21-2)10-9-13(14)11-15/h3,7-12,17H,1,4-6H2,2H3,(H,19,20). The van der Waals surface area contributed by atoms with Gasteiger partial charge in [-0.05, 0) is 47.7 Å². The van der Waals surface area contributed by atoms with Gasteiger partial charge in [-0.25, -0.2) is 0 Å². The maximum absolute atomic E-state index is 11.5. The average molecular weight is 284 g/mol. The quantitative estimate of drug-likeness (QED) is 0.606. The average Bonchev–Trinajstić information content (AvgIpc) is 2.50. The number of allylic oxidation sites excluding steroid dienone is 1. The number of methoxy groups -OCH3 is 1. The van der Waals surface area contributed by atoms with Crippen molar-refractivity contribution in [2.75, 3.05) is 7.11 Å². The number of carboxylic acid groups (broad SMARTS) is 1. The summed E-state index contributed by atoms with van der Waals surface area (Å²) in [6.45, 7) is 3.67. The Bertz CT molecular complexity index is 646. The lowest BCUT2D eigenvalue weighted by Crippen LogP contribution is -2.11. The third-order valence-electron chi connectivity index (χ3n) is 3.67. The van der Waals surface area contributed by atoms with Crippen molar-refractivity contribution < 1.29 is 14.6 Å². The molecule has 1 atom stereocenters. The van der Waals surface area contributed by atoms with Crippen molar-refractivity contribution in [1.82, 2.24) is 0 Å². The molecule has 0 saturated heterocycles. The predicted octanol–water partition coefficient (Wildman–Crippen LogP) is 4.37. The number of aliphatic carboxylic acids is 1. The van der Waals surface area contributed by atoms with Crippen molar-refractivity contribution in [2.24, 2.45) is 0 Å². The molecular formula is C18H20O3. The van der Waals surface area contributed by atoms with Gasteiger partial charge in [0.15, 0.2) is 0 Å². The van der Waals surface area contributed by atoms with Gasteiger partial charge in [-0.2, -0.15) is 0 Å². The van der Waals surface area contributed by atoms with Crippen LogP contribution in [-0.4, -0.2) is 18.2 Å². The molecule has 2 aromatic carbocycles. The first-order valence-electron chi connectivity index (χ1n) is 7.07. The van der Waals surface area contributed by atoms with Crippen LogP contribution in [0.3, 0.4) is 0 Å². The zero-order chi connectivity index (χ0) is 15.2. The van der Waals surface area contributed by atoms with Gasteiger partial charge in [0.05, 0.1) is 13.0 Å². The highest BCUT2D eigenvalue weighted by molar-refractivity contribution is 5.86. The first kappa shape index (κ1) is 15.1. The van der Waals surface area contributed by atoms with Crippen molar-refractivity contribution in [2.45, 2.75) is 25.2 Å². The van der Waals surface area contributed by atoms with E-state index in [0.717, 1.165) is 34.9 Å². The Kier molecular flexibility index (Phi) is 4.99. The van der Waals surface area contributed by atoms with Gasteiger partial charge in [-0.1, -0.05) is 30.3 Å². The fourth-order valence-electron chi connectivity index (χ4n) is 2.49. The van der Waals surface area contributed by atoms with E-state index in [0.29, 0.717) is 6.42 Å². The molecule has 3 heteroatoms. The fraction of sp³-hybridized carbons (Fsp3) is 0.278. The second-order valence-electron chi connectivity index (χ2n) is 5.08. The monoisotopic (exact) mass is 284 g/mol. The van der Waals surface area contributed by atoms with Crippen molar-refractivity contribution in [3.63, 3.8) is 0 Å². The maximum Gasteiger partial charge on any atom is 0.310 e. The van der Waals surface area contributed by atoms with E-state index in [2.05, 4.69) is 6.58 Å². The molecule has 2 aromatic rings. The topological polar surface area (TPSA) is 46.5 Å².